The molecule has 1 amide bonds. The van der Waals surface area contributed by atoms with Gasteiger partial charge in [-0.3, -0.25) is 19.1 Å². The summed E-state index contributed by atoms with van der Waals surface area (Å²) in [5.41, 5.74) is 0.194. The van der Waals surface area contributed by atoms with Crippen LogP contribution in [-0.4, -0.2) is 63.9 Å². The highest BCUT2D eigenvalue weighted by molar-refractivity contribution is 9.10. The number of halogens is 1. The molecule has 3 aliphatic rings. The first-order valence-corrected chi connectivity index (χ1v) is 10.8. The van der Waals surface area contributed by atoms with E-state index >= 15 is 0 Å². The van der Waals surface area contributed by atoms with Crippen molar-refractivity contribution in [2.45, 2.75) is 31.3 Å². The number of hydrogen-bond acceptors (Lipinski definition) is 6. The molecule has 2 saturated carbocycles. The molecule has 3 fully saturated rings. The molecule has 0 aromatic carbocycles. The topological polar surface area (TPSA) is 96.7 Å². The van der Waals surface area contributed by atoms with Gasteiger partial charge in [-0.05, 0) is 40.8 Å². The summed E-state index contributed by atoms with van der Waals surface area (Å²) >= 11 is 3.38. The fourth-order valence-corrected chi connectivity index (χ4v) is 4.50. The Morgan fingerprint density at radius 3 is 2.76 bits per heavy atom. The highest BCUT2D eigenvalue weighted by Gasteiger charge is 2.70. The van der Waals surface area contributed by atoms with E-state index in [2.05, 4.69) is 31.1 Å². The highest BCUT2D eigenvalue weighted by atomic mass is 79.9. The quantitative estimate of drug-likeness (QED) is 0.664. The minimum absolute atomic E-state index is 0.0104. The number of morpholine rings is 1. The van der Waals surface area contributed by atoms with E-state index in [-0.39, 0.29) is 34.7 Å². The molecule has 0 atom stereocenters. The lowest BCUT2D eigenvalue weighted by Crippen LogP contribution is -2.40. The van der Waals surface area contributed by atoms with Crippen LogP contribution < -0.4 is 10.9 Å². The Morgan fingerprint density at radius 2 is 2.07 bits per heavy atom. The van der Waals surface area contributed by atoms with E-state index < -0.39 is 0 Å². The second-order valence-electron chi connectivity index (χ2n) is 8.25. The molecule has 2 aromatic heterocycles. The zero-order valence-electron chi connectivity index (χ0n) is 16.0. The zero-order valence-corrected chi connectivity index (χ0v) is 17.6. The fourth-order valence-electron chi connectivity index (χ4n) is 4.17. The summed E-state index contributed by atoms with van der Waals surface area (Å²) < 4.78 is 7.66. The lowest BCUT2D eigenvalue weighted by Gasteiger charge is -2.27. The fraction of sp³-hybridized carbons (Fsp3) is 0.550. The van der Waals surface area contributed by atoms with Crippen LogP contribution in [0.15, 0.2) is 21.5 Å². The highest BCUT2D eigenvalue weighted by Crippen LogP contribution is 2.66. The Bertz CT molecular complexity index is 1040. The van der Waals surface area contributed by atoms with Crippen LogP contribution in [0.25, 0.3) is 11.0 Å². The lowest BCUT2D eigenvalue weighted by atomic mass is 10.1. The Labute approximate surface area is 176 Å². The molecule has 0 radical (unpaired) electrons. The molecule has 0 spiro atoms. The summed E-state index contributed by atoms with van der Waals surface area (Å²) in [6, 6.07) is 1.74. The molecule has 5 rings (SSSR count). The number of aromatic nitrogens is 2. The van der Waals surface area contributed by atoms with Crippen LogP contribution in [0, 0.1) is 5.92 Å². The van der Waals surface area contributed by atoms with Gasteiger partial charge >= 0.3 is 0 Å². The Hall–Kier alpha value is -1.97. The summed E-state index contributed by atoms with van der Waals surface area (Å²) in [4.78, 5) is 32.3. The maximum atomic E-state index is 13.2. The van der Waals surface area contributed by atoms with Crippen LogP contribution in [0.5, 0.6) is 5.75 Å². The van der Waals surface area contributed by atoms with Gasteiger partial charge in [0.1, 0.15) is 11.4 Å². The molecule has 2 N–H and O–H groups in total. The summed E-state index contributed by atoms with van der Waals surface area (Å²) in [7, 11) is 0. The SMILES string of the molecule is O=C(Cc1c(O)c2cc(Br)cnc2n(CCN2CCOCC2)c1=O)NC12CC1C2. The number of rotatable bonds is 6. The molecule has 154 valence electrons. The molecule has 2 aromatic rings. The zero-order chi connectivity index (χ0) is 20.2. The van der Waals surface area contributed by atoms with Crippen LogP contribution in [0.3, 0.4) is 0 Å². The number of fused-ring (bicyclic) bond motifs is 2. The van der Waals surface area contributed by atoms with Gasteiger partial charge in [0.15, 0.2) is 0 Å². The Kier molecular flexibility index (Phi) is 4.64. The third-order valence-electron chi connectivity index (χ3n) is 6.29. The van der Waals surface area contributed by atoms with Gasteiger partial charge in [-0.25, -0.2) is 4.98 Å². The summed E-state index contributed by atoms with van der Waals surface area (Å²) in [5.74, 6) is 0.249. The van der Waals surface area contributed by atoms with E-state index in [4.69, 9.17) is 4.74 Å². The van der Waals surface area contributed by atoms with E-state index in [0.717, 1.165) is 25.9 Å². The van der Waals surface area contributed by atoms with Gasteiger partial charge in [-0.2, -0.15) is 0 Å². The van der Waals surface area contributed by atoms with Crippen LogP contribution in [-0.2, 0) is 22.5 Å². The summed E-state index contributed by atoms with van der Waals surface area (Å²) in [6.45, 7) is 4.13. The lowest BCUT2D eigenvalue weighted by molar-refractivity contribution is -0.121. The molecule has 2 aliphatic carbocycles. The smallest absolute Gasteiger partial charge is 0.259 e. The number of carbonyl (C=O) groups is 1. The Balaban J connectivity index is 1.47. The largest absolute Gasteiger partial charge is 0.507 e. The number of pyridine rings is 2. The second-order valence-corrected chi connectivity index (χ2v) is 9.16. The number of amides is 1. The van der Waals surface area contributed by atoms with Crippen molar-refractivity contribution in [3.8, 4) is 5.75 Å². The van der Waals surface area contributed by atoms with Gasteiger partial charge in [0, 0.05) is 42.4 Å². The predicted molar refractivity (Wildman–Crippen MR) is 110 cm³/mol. The molecule has 9 heteroatoms. The summed E-state index contributed by atoms with van der Waals surface area (Å²) in [6.07, 6.45) is 3.55. The van der Waals surface area contributed by atoms with E-state index in [0.29, 0.717) is 47.7 Å². The standard InChI is InChI=1S/C20H23BrN4O4/c21-13-7-14-17(27)15(8-16(26)23-20-9-12(20)10-20)19(28)25(18(14)22-11-13)2-1-24-3-5-29-6-4-24/h7,11-12,27H,1-6,8-10H2,(H,23,26). The van der Waals surface area contributed by atoms with Crippen molar-refractivity contribution in [3.63, 3.8) is 0 Å². The maximum absolute atomic E-state index is 13.2. The molecule has 0 bridgehead atoms. The first kappa shape index (κ1) is 19.0. The first-order chi connectivity index (χ1) is 14.0. The monoisotopic (exact) mass is 462 g/mol. The van der Waals surface area contributed by atoms with Crippen molar-refractivity contribution >= 4 is 32.9 Å². The second kappa shape index (κ2) is 7.07. The van der Waals surface area contributed by atoms with Crippen LogP contribution >= 0.6 is 15.9 Å². The molecule has 8 nitrogen and oxygen atoms in total. The van der Waals surface area contributed by atoms with Crippen molar-refractivity contribution in [3.05, 3.63) is 32.7 Å². The number of ether oxygens (including phenoxy) is 1. The van der Waals surface area contributed by atoms with E-state index in [1.165, 1.54) is 0 Å². The van der Waals surface area contributed by atoms with E-state index in [9.17, 15) is 14.7 Å². The average molecular weight is 463 g/mol. The summed E-state index contributed by atoms with van der Waals surface area (Å²) in [5, 5.41) is 14.3. The molecule has 3 heterocycles. The number of nitrogens with zero attached hydrogens (tertiary/aromatic N) is 3. The van der Waals surface area contributed by atoms with Gasteiger partial charge < -0.3 is 15.2 Å². The van der Waals surface area contributed by atoms with Crippen LogP contribution in [0.4, 0.5) is 0 Å². The van der Waals surface area contributed by atoms with Gasteiger partial charge in [0.25, 0.3) is 5.56 Å². The van der Waals surface area contributed by atoms with Crippen molar-refractivity contribution < 1.29 is 14.6 Å². The molecule has 1 saturated heterocycles. The van der Waals surface area contributed by atoms with Crippen LogP contribution in [0.1, 0.15) is 18.4 Å². The van der Waals surface area contributed by atoms with Gasteiger partial charge in [0.2, 0.25) is 5.91 Å². The minimum atomic E-state index is -0.353. The maximum Gasteiger partial charge on any atom is 0.259 e. The van der Waals surface area contributed by atoms with Crippen molar-refractivity contribution in [2.75, 3.05) is 32.8 Å². The molecular weight excluding hydrogens is 440 g/mol. The van der Waals surface area contributed by atoms with E-state index in [1.54, 1.807) is 16.8 Å². The van der Waals surface area contributed by atoms with Crippen molar-refractivity contribution in [1.82, 2.24) is 19.8 Å². The molecule has 1 aliphatic heterocycles. The number of nitrogens with one attached hydrogen (secondary N) is 1. The van der Waals surface area contributed by atoms with Crippen molar-refractivity contribution in [2.24, 2.45) is 5.92 Å². The number of carbonyl (C=O) groups excluding carboxylic acids is 1. The van der Waals surface area contributed by atoms with Gasteiger partial charge in [-0.15, -0.1) is 0 Å². The number of hydrogen-bond donors (Lipinski definition) is 2. The average Bonchev–Trinajstić information content (AvgIpc) is 3.56. The van der Waals surface area contributed by atoms with Gasteiger partial charge in [0.05, 0.1) is 30.6 Å². The molecule has 29 heavy (non-hydrogen) atoms. The van der Waals surface area contributed by atoms with Crippen LogP contribution in [0.2, 0.25) is 0 Å². The minimum Gasteiger partial charge on any atom is -0.507 e. The normalized spacial score (nSPS) is 25.6. The predicted octanol–water partition coefficient (Wildman–Crippen LogP) is 1.02. The van der Waals surface area contributed by atoms with Gasteiger partial charge in [-0.1, -0.05) is 0 Å². The first-order valence-electron chi connectivity index (χ1n) is 9.98. The molecule has 0 unspecified atom stereocenters. The third kappa shape index (κ3) is 3.55. The third-order valence-corrected chi connectivity index (χ3v) is 6.72. The Morgan fingerprint density at radius 1 is 1.34 bits per heavy atom. The van der Waals surface area contributed by atoms with Crippen molar-refractivity contribution in [1.29, 1.82) is 0 Å². The van der Waals surface area contributed by atoms with E-state index in [1.807, 2.05) is 0 Å². The number of aromatic hydroxyl groups is 1. The molecular formula is C20H23BrN4O4.